The number of rotatable bonds is 7. The number of carbonyl (C=O) groups is 2. The van der Waals surface area contributed by atoms with Gasteiger partial charge in [-0.1, -0.05) is 35.3 Å². The largest absolute Gasteiger partial charge is 0.452 e. The van der Waals surface area contributed by atoms with Crippen molar-refractivity contribution in [1.29, 1.82) is 0 Å². The fourth-order valence-corrected chi connectivity index (χ4v) is 2.95. The third-order valence-electron chi connectivity index (χ3n) is 3.00. The minimum Gasteiger partial charge on any atom is -0.452 e. The smallest absolute Gasteiger partial charge is 0.331 e. The second-order valence-electron chi connectivity index (χ2n) is 4.79. The van der Waals surface area contributed by atoms with Crippen LogP contribution in [0.4, 0.5) is 0 Å². The van der Waals surface area contributed by atoms with Crippen LogP contribution in [0.5, 0.6) is 0 Å². The third-order valence-corrected chi connectivity index (χ3v) is 4.43. The maximum Gasteiger partial charge on any atom is 0.331 e. The Morgan fingerprint density at radius 2 is 2.08 bits per heavy atom. The van der Waals surface area contributed by atoms with Gasteiger partial charge in [-0.3, -0.25) is 4.79 Å². The highest BCUT2D eigenvalue weighted by Crippen LogP contribution is 2.21. The number of halogens is 2. The number of amides is 1. The standard InChI is InChI=1S/C17H15Cl2NO3S/c18-13-4-3-12(15(19)10-13)7-8-20-16(21)11-23-17(22)6-5-14-2-1-9-24-14/h1-6,9-10H,7-8,11H2,(H,20,21). The zero-order valence-electron chi connectivity index (χ0n) is 12.6. The van der Waals surface area contributed by atoms with Gasteiger partial charge in [0.25, 0.3) is 5.91 Å². The summed E-state index contributed by atoms with van der Waals surface area (Å²) in [6.07, 6.45) is 3.51. The van der Waals surface area contributed by atoms with Crippen LogP contribution in [0.15, 0.2) is 41.8 Å². The van der Waals surface area contributed by atoms with Crippen LogP contribution < -0.4 is 5.32 Å². The summed E-state index contributed by atoms with van der Waals surface area (Å²) in [6, 6.07) is 8.97. The molecule has 7 heteroatoms. The molecule has 1 heterocycles. The van der Waals surface area contributed by atoms with Crippen LogP contribution in [0.25, 0.3) is 6.08 Å². The number of carbonyl (C=O) groups excluding carboxylic acids is 2. The first-order chi connectivity index (χ1) is 11.5. The first-order valence-corrected chi connectivity index (χ1v) is 8.77. The fraction of sp³-hybridized carbons (Fsp3) is 0.176. The number of hydrogen-bond donors (Lipinski definition) is 1. The Morgan fingerprint density at radius 1 is 1.25 bits per heavy atom. The molecule has 0 saturated carbocycles. The molecule has 126 valence electrons. The Morgan fingerprint density at radius 3 is 2.79 bits per heavy atom. The third kappa shape index (κ3) is 6.35. The van der Waals surface area contributed by atoms with E-state index in [0.29, 0.717) is 23.0 Å². The van der Waals surface area contributed by atoms with E-state index >= 15 is 0 Å². The lowest BCUT2D eigenvalue weighted by Gasteiger charge is -2.07. The Kier molecular flexibility index (Phi) is 7.31. The van der Waals surface area contributed by atoms with Crippen molar-refractivity contribution in [1.82, 2.24) is 5.32 Å². The Hall–Kier alpha value is -1.82. The van der Waals surface area contributed by atoms with Gasteiger partial charge in [0.1, 0.15) is 0 Å². The molecule has 1 aromatic carbocycles. The van der Waals surface area contributed by atoms with Crippen LogP contribution in [0.2, 0.25) is 10.0 Å². The molecule has 0 spiro atoms. The summed E-state index contributed by atoms with van der Waals surface area (Å²) in [7, 11) is 0. The summed E-state index contributed by atoms with van der Waals surface area (Å²) in [4.78, 5) is 24.1. The Labute approximate surface area is 154 Å². The van der Waals surface area contributed by atoms with Crippen LogP contribution in [0, 0.1) is 0 Å². The monoisotopic (exact) mass is 383 g/mol. The van der Waals surface area contributed by atoms with Gasteiger partial charge in [0.15, 0.2) is 6.61 Å². The fourth-order valence-electron chi connectivity index (χ4n) is 1.83. The van der Waals surface area contributed by atoms with Gasteiger partial charge >= 0.3 is 5.97 Å². The summed E-state index contributed by atoms with van der Waals surface area (Å²) in [5, 5.41) is 5.70. The first kappa shape index (κ1) is 18.5. The Bertz CT molecular complexity index is 729. The van der Waals surface area contributed by atoms with Crippen LogP contribution in [0.3, 0.4) is 0 Å². The van der Waals surface area contributed by atoms with E-state index in [9.17, 15) is 9.59 Å². The number of benzene rings is 1. The van der Waals surface area contributed by atoms with Crippen molar-refractivity contribution in [3.63, 3.8) is 0 Å². The van der Waals surface area contributed by atoms with E-state index in [4.69, 9.17) is 27.9 Å². The van der Waals surface area contributed by atoms with E-state index in [1.807, 2.05) is 23.6 Å². The maximum atomic E-state index is 11.6. The number of esters is 1. The quantitative estimate of drug-likeness (QED) is 0.581. The highest BCUT2D eigenvalue weighted by atomic mass is 35.5. The summed E-state index contributed by atoms with van der Waals surface area (Å²) < 4.78 is 4.87. The molecule has 1 aromatic heterocycles. The average Bonchev–Trinajstić information content (AvgIpc) is 3.06. The normalized spacial score (nSPS) is 10.8. The van der Waals surface area contributed by atoms with Gasteiger partial charge in [-0.15, -0.1) is 11.3 Å². The van der Waals surface area contributed by atoms with Crippen molar-refractivity contribution in [2.24, 2.45) is 0 Å². The van der Waals surface area contributed by atoms with E-state index in [2.05, 4.69) is 5.32 Å². The SMILES string of the molecule is O=C(COC(=O)C=Cc1cccs1)NCCc1ccc(Cl)cc1Cl. The molecule has 0 bridgehead atoms. The second-order valence-corrected chi connectivity index (χ2v) is 6.62. The molecule has 0 unspecified atom stereocenters. The highest BCUT2D eigenvalue weighted by molar-refractivity contribution is 7.10. The number of hydrogen-bond acceptors (Lipinski definition) is 4. The van der Waals surface area contributed by atoms with Crippen molar-refractivity contribution in [2.45, 2.75) is 6.42 Å². The minimum atomic E-state index is -0.556. The predicted octanol–water partition coefficient (Wildman–Crippen LogP) is 3.97. The zero-order valence-corrected chi connectivity index (χ0v) is 15.0. The number of ether oxygens (including phenoxy) is 1. The highest BCUT2D eigenvalue weighted by Gasteiger charge is 2.06. The van der Waals surface area contributed by atoms with Crippen LogP contribution >= 0.6 is 34.5 Å². The second kappa shape index (κ2) is 9.47. The molecule has 4 nitrogen and oxygen atoms in total. The molecule has 0 fully saturated rings. The summed E-state index contributed by atoms with van der Waals surface area (Å²) in [6.45, 7) is 0.0741. The molecule has 0 aliphatic rings. The van der Waals surface area contributed by atoms with Crippen molar-refractivity contribution in [3.8, 4) is 0 Å². The van der Waals surface area contributed by atoms with E-state index < -0.39 is 5.97 Å². The summed E-state index contributed by atoms with van der Waals surface area (Å²) in [5.74, 6) is -0.919. The van der Waals surface area contributed by atoms with Crippen molar-refractivity contribution in [3.05, 3.63) is 62.3 Å². The molecular formula is C17H15Cl2NO3S. The van der Waals surface area contributed by atoms with Crippen LogP contribution in [-0.2, 0) is 20.7 Å². The van der Waals surface area contributed by atoms with Gasteiger partial charge in [-0.2, -0.15) is 0 Å². The van der Waals surface area contributed by atoms with Gasteiger partial charge in [0, 0.05) is 27.5 Å². The Balaban J connectivity index is 1.67. The number of nitrogens with one attached hydrogen (secondary N) is 1. The molecule has 1 N–H and O–H groups in total. The predicted molar refractivity (Wildman–Crippen MR) is 97.5 cm³/mol. The minimum absolute atomic E-state index is 0.317. The number of thiophene rings is 1. The molecule has 0 aliphatic carbocycles. The van der Waals surface area contributed by atoms with Gasteiger partial charge in [-0.25, -0.2) is 4.79 Å². The zero-order chi connectivity index (χ0) is 17.4. The maximum absolute atomic E-state index is 11.6. The molecule has 2 rings (SSSR count). The molecule has 2 aromatic rings. The van der Waals surface area contributed by atoms with Crippen LogP contribution in [-0.4, -0.2) is 25.0 Å². The van der Waals surface area contributed by atoms with Gasteiger partial charge in [0.2, 0.25) is 0 Å². The van der Waals surface area contributed by atoms with Gasteiger partial charge in [-0.05, 0) is 41.6 Å². The van der Waals surface area contributed by atoms with E-state index in [0.717, 1.165) is 10.4 Å². The molecule has 1 amide bonds. The van der Waals surface area contributed by atoms with Crippen LogP contribution in [0.1, 0.15) is 10.4 Å². The molecule has 0 radical (unpaired) electrons. The summed E-state index contributed by atoms with van der Waals surface area (Å²) >= 11 is 13.4. The van der Waals surface area contributed by atoms with Crippen molar-refractivity contribution >= 4 is 52.5 Å². The average molecular weight is 384 g/mol. The van der Waals surface area contributed by atoms with E-state index in [-0.39, 0.29) is 12.5 Å². The van der Waals surface area contributed by atoms with E-state index in [1.54, 1.807) is 18.2 Å². The lowest BCUT2D eigenvalue weighted by atomic mass is 10.1. The molecule has 0 atom stereocenters. The van der Waals surface area contributed by atoms with Crippen molar-refractivity contribution in [2.75, 3.05) is 13.2 Å². The van der Waals surface area contributed by atoms with Gasteiger partial charge < -0.3 is 10.1 Å². The molecule has 24 heavy (non-hydrogen) atoms. The lowest BCUT2D eigenvalue weighted by Crippen LogP contribution is -2.30. The van der Waals surface area contributed by atoms with E-state index in [1.165, 1.54) is 17.4 Å². The van der Waals surface area contributed by atoms with Gasteiger partial charge in [0.05, 0.1) is 0 Å². The topological polar surface area (TPSA) is 55.4 Å². The molecule has 0 aliphatic heterocycles. The molecular weight excluding hydrogens is 369 g/mol. The summed E-state index contributed by atoms with van der Waals surface area (Å²) in [5.41, 5.74) is 0.886. The first-order valence-electron chi connectivity index (χ1n) is 7.13. The lowest BCUT2D eigenvalue weighted by molar-refractivity contribution is -0.143. The molecule has 0 saturated heterocycles. The van der Waals surface area contributed by atoms with Crippen molar-refractivity contribution < 1.29 is 14.3 Å².